The summed E-state index contributed by atoms with van der Waals surface area (Å²) in [4.78, 5) is 5.01. The molecule has 5 aromatic rings. The van der Waals surface area contributed by atoms with Crippen molar-refractivity contribution >= 4 is 21.9 Å². The fourth-order valence-corrected chi connectivity index (χ4v) is 5.97. The van der Waals surface area contributed by atoms with Gasteiger partial charge < -0.3 is 14.4 Å². The summed E-state index contributed by atoms with van der Waals surface area (Å²) in [5, 5.41) is 20.5. The standard InChI is InChI=1S/C31H35N5O2/c1-20-30(35(4)34-33-20)23-17-28-29(32-19-23)25-11-10-24(31(2,3)37)18-27(25)36(28)26(22-8-6-5-7-9-22)16-21-12-14-38-15-13-21/h5-11,17-19,21,26,37H,12-16H2,1-4H3. The molecular weight excluding hydrogens is 474 g/mol. The molecule has 1 saturated heterocycles. The first kappa shape index (κ1) is 24.8. The summed E-state index contributed by atoms with van der Waals surface area (Å²) in [5.74, 6) is 0.568. The summed E-state index contributed by atoms with van der Waals surface area (Å²) in [6, 6.07) is 19.4. The zero-order valence-electron chi connectivity index (χ0n) is 22.6. The van der Waals surface area contributed by atoms with Crippen LogP contribution in [0.15, 0.2) is 60.8 Å². The van der Waals surface area contributed by atoms with Crippen LogP contribution in [-0.2, 0) is 17.4 Å². The highest BCUT2D eigenvalue weighted by atomic mass is 16.5. The Balaban J connectivity index is 1.64. The van der Waals surface area contributed by atoms with E-state index in [-0.39, 0.29) is 6.04 Å². The Bertz CT molecular complexity index is 1570. The predicted octanol–water partition coefficient (Wildman–Crippen LogP) is 5.93. The van der Waals surface area contributed by atoms with Crippen LogP contribution in [0.3, 0.4) is 0 Å². The molecule has 2 aromatic carbocycles. The van der Waals surface area contributed by atoms with Crippen molar-refractivity contribution in [1.29, 1.82) is 0 Å². The fraction of sp³-hybridized carbons (Fsp3) is 0.387. The van der Waals surface area contributed by atoms with E-state index in [1.54, 1.807) is 0 Å². The molecule has 7 heteroatoms. The van der Waals surface area contributed by atoms with Crippen molar-refractivity contribution < 1.29 is 9.84 Å². The van der Waals surface area contributed by atoms with E-state index in [9.17, 15) is 5.11 Å². The highest BCUT2D eigenvalue weighted by molar-refractivity contribution is 6.07. The lowest BCUT2D eigenvalue weighted by Gasteiger charge is -2.29. The van der Waals surface area contributed by atoms with Gasteiger partial charge in [0.15, 0.2) is 0 Å². The van der Waals surface area contributed by atoms with Gasteiger partial charge in [0.05, 0.1) is 39.6 Å². The van der Waals surface area contributed by atoms with Crippen LogP contribution in [0.1, 0.15) is 56.0 Å². The van der Waals surface area contributed by atoms with Gasteiger partial charge in [-0.1, -0.05) is 47.7 Å². The molecule has 0 bridgehead atoms. The van der Waals surface area contributed by atoms with E-state index < -0.39 is 5.60 Å². The summed E-state index contributed by atoms with van der Waals surface area (Å²) in [6.45, 7) is 7.30. The topological polar surface area (TPSA) is 78.0 Å². The number of hydrogen-bond acceptors (Lipinski definition) is 5. The molecule has 196 valence electrons. The molecule has 1 N–H and O–H groups in total. The minimum Gasteiger partial charge on any atom is -0.386 e. The number of hydrogen-bond donors (Lipinski definition) is 1. The molecule has 0 spiro atoms. The fourth-order valence-electron chi connectivity index (χ4n) is 5.97. The van der Waals surface area contributed by atoms with Crippen LogP contribution >= 0.6 is 0 Å². The van der Waals surface area contributed by atoms with E-state index in [2.05, 4.69) is 63.4 Å². The van der Waals surface area contributed by atoms with Crippen molar-refractivity contribution in [2.24, 2.45) is 13.0 Å². The molecule has 1 unspecified atom stereocenters. The highest BCUT2D eigenvalue weighted by Gasteiger charge is 2.27. The van der Waals surface area contributed by atoms with Crippen LogP contribution in [0, 0.1) is 12.8 Å². The summed E-state index contributed by atoms with van der Waals surface area (Å²) in [5.41, 5.74) is 7.18. The van der Waals surface area contributed by atoms with E-state index in [4.69, 9.17) is 9.72 Å². The van der Waals surface area contributed by atoms with Crippen molar-refractivity contribution in [3.63, 3.8) is 0 Å². The first-order valence-corrected chi connectivity index (χ1v) is 13.5. The summed E-state index contributed by atoms with van der Waals surface area (Å²) in [7, 11) is 1.92. The Morgan fingerprint density at radius 1 is 1.05 bits per heavy atom. The Labute approximate surface area is 223 Å². The lowest BCUT2D eigenvalue weighted by Crippen LogP contribution is -2.21. The second-order valence-electron chi connectivity index (χ2n) is 11.1. The van der Waals surface area contributed by atoms with Gasteiger partial charge in [-0.25, -0.2) is 4.68 Å². The van der Waals surface area contributed by atoms with Crippen molar-refractivity contribution in [2.45, 2.75) is 51.7 Å². The maximum atomic E-state index is 10.9. The van der Waals surface area contributed by atoms with E-state index in [0.717, 1.165) is 76.9 Å². The number of aryl methyl sites for hydroxylation is 2. The highest BCUT2D eigenvalue weighted by Crippen LogP contribution is 2.40. The molecule has 1 fully saturated rings. The van der Waals surface area contributed by atoms with Crippen LogP contribution in [0.5, 0.6) is 0 Å². The average Bonchev–Trinajstić information content (AvgIpc) is 3.43. The maximum Gasteiger partial charge on any atom is 0.0960 e. The van der Waals surface area contributed by atoms with Crippen molar-refractivity contribution in [3.8, 4) is 11.3 Å². The van der Waals surface area contributed by atoms with Crippen molar-refractivity contribution in [1.82, 2.24) is 24.5 Å². The second kappa shape index (κ2) is 9.64. The first-order valence-electron chi connectivity index (χ1n) is 13.5. The molecule has 1 atom stereocenters. The largest absolute Gasteiger partial charge is 0.386 e. The Morgan fingerprint density at radius 2 is 1.82 bits per heavy atom. The lowest BCUT2D eigenvalue weighted by molar-refractivity contribution is 0.0609. The van der Waals surface area contributed by atoms with Crippen LogP contribution in [0.25, 0.3) is 33.2 Å². The van der Waals surface area contributed by atoms with E-state index in [0.29, 0.717) is 5.92 Å². The van der Waals surface area contributed by atoms with Crippen molar-refractivity contribution in [3.05, 3.63) is 77.6 Å². The number of nitrogens with zero attached hydrogens (tertiary/aromatic N) is 5. The zero-order valence-corrected chi connectivity index (χ0v) is 22.6. The van der Waals surface area contributed by atoms with E-state index in [1.807, 2.05) is 44.8 Å². The van der Waals surface area contributed by atoms with Crippen molar-refractivity contribution in [2.75, 3.05) is 13.2 Å². The number of aromatic nitrogens is 5. The summed E-state index contributed by atoms with van der Waals surface area (Å²) >= 11 is 0. The second-order valence-corrected chi connectivity index (χ2v) is 11.1. The third kappa shape index (κ3) is 4.40. The number of ether oxygens (including phenoxy) is 1. The maximum absolute atomic E-state index is 10.9. The molecule has 4 heterocycles. The number of benzene rings is 2. The summed E-state index contributed by atoms with van der Waals surface area (Å²) in [6.07, 6.45) is 5.07. The van der Waals surface area contributed by atoms with Crippen LogP contribution in [0.4, 0.5) is 0 Å². The molecule has 0 amide bonds. The number of fused-ring (bicyclic) bond motifs is 3. The minimum atomic E-state index is -0.950. The van der Waals surface area contributed by atoms with Crippen LogP contribution < -0.4 is 0 Å². The molecule has 7 nitrogen and oxygen atoms in total. The molecule has 3 aromatic heterocycles. The van der Waals surface area contributed by atoms with Gasteiger partial charge in [-0.15, -0.1) is 5.10 Å². The molecule has 0 aliphatic carbocycles. The Hall–Kier alpha value is -3.55. The van der Waals surface area contributed by atoms with Gasteiger partial charge in [0.2, 0.25) is 0 Å². The monoisotopic (exact) mass is 509 g/mol. The van der Waals surface area contributed by atoms with E-state index >= 15 is 0 Å². The van der Waals surface area contributed by atoms with Crippen LogP contribution in [0.2, 0.25) is 0 Å². The average molecular weight is 510 g/mol. The Morgan fingerprint density at radius 3 is 2.50 bits per heavy atom. The quantitative estimate of drug-likeness (QED) is 0.307. The van der Waals surface area contributed by atoms with Gasteiger partial charge in [-0.2, -0.15) is 0 Å². The molecular formula is C31H35N5O2. The Kier molecular flexibility index (Phi) is 6.28. The molecule has 6 rings (SSSR count). The zero-order chi connectivity index (χ0) is 26.4. The van der Waals surface area contributed by atoms with Crippen LogP contribution in [-0.4, -0.2) is 42.9 Å². The van der Waals surface area contributed by atoms with Gasteiger partial charge in [0.25, 0.3) is 0 Å². The number of aliphatic hydroxyl groups is 1. The third-order valence-electron chi connectivity index (χ3n) is 8.01. The van der Waals surface area contributed by atoms with Gasteiger partial charge in [-0.3, -0.25) is 4.98 Å². The van der Waals surface area contributed by atoms with Gasteiger partial charge >= 0.3 is 0 Å². The van der Waals surface area contributed by atoms with E-state index in [1.165, 1.54) is 5.56 Å². The number of rotatable bonds is 6. The minimum absolute atomic E-state index is 0.110. The summed E-state index contributed by atoms with van der Waals surface area (Å²) < 4.78 is 9.96. The molecule has 0 saturated carbocycles. The van der Waals surface area contributed by atoms with Gasteiger partial charge in [0.1, 0.15) is 0 Å². The number of pyridine rings is 1. The molecule has 1 aliphatic rings. The third-order valence-corrected chi connectivity index (χ3v) is 8.01. The SMILES string of the molecule is Cc1nnn(C)c1-c1cnc2c3ccc(C(C)(C)O)cc3n(C(CC3CCOCC3)c3ccccc3)c2c1. The smallest absolute Gasteiger partial charge is 0.0960 e. The first-order chi connectivity index (χ1) is 18.3. The molecule has 1 aliphatic heterocycles. The normalized spacial score (nSPS) is 15.9. The predicted molar refractivity (Wildman–Crippen MR) is 150 cm³/mol. The van der Waals surface area contributed by atoms with Gasteiger partial charge in [-0.05, 0) is 69.2 Å². The van der Waals surface area contributed by atoms with Gasteiger partial charge in [0, 0.05) is 37.4 Å². The molecule has 38 heavy (non-hydrogen) atoms. The molecule has 0 radical (unpaired) electrons. The lowest BCUT2D eigenvalue weighted by atomic mass is 9.89.